The van der Waals surface area contributed by atoms with Crippen molar-refractivity contribution in [2.45, 2.75) is 12.8 Å². The van der Waals surface area contributed by atoms with Crippen LogP contribution in [0.15, 0.2) is 16.3 Å². The van der Waals surface area contributed by atoms with Gasteiger partial charge in [-0.1, -0.05) is 0 Å². The second-order valence-corrected chi connectivity index (χ2v) is 2.33. The summed E-state index contributed by atoms with van der Waals surface area (Å²) >= 11 is 0. The van der Waals surface area contributed by atoms with Gasteiger partial charge in [0.2, 0.25) is 0 Å². The first-order valence-corrected chi connectivity index (χ1v) is 3.29. The summed E-state index contributed by atoms with van der Waals surface area (Å²) in [5, 5.41) is 0. The molecule has 0 unspecified atom stereocenters. The molecule has 10 heavy (non-hydrogen) atoms. The highest BCUT2D eigenvalue weighted by Crippen LogP contribution is 2.23. The highest BCUT2D eigenvalue weighted by atomic mass is 16.5. The standard InChI is InChI=1S/C7H7NO2/c9-7-5-1-3-8-6(5)2-4-10-7/h3H,1-2,4H2. The molecule has 2 aliphatic heterocycles. The van der Waals surface area contributed by atoms with E-state index in [0.717, 1.165) is 17.7 Å². The van der Waals surface area contributed by atoms with Gasteiger partial charge in [0.1, 0.15) is 0 Å². The van der Waals surface area contributed by atoms with Crippen molar-refractivity contribution in [1.29, 1.82) is 0 Å². The molecular formula is C7H7NO2. The lowest BCUT2D eigenvalue weighted by Crippen LogP contribution is -2.14. The summed E-state index contributed by atoms with van der Waals surface area (Å²) in [6.07, 6.45) is 3.21. The quantitative estimate of drug-likeness (QED) is 0.460. The zero-order chi connectivity index (χ0) is 6.97. The van der Waals surface area contributed by atoms with Gasteiger partial charge in [-0.3, -0.25) is 4.99 Å². The lowest BCUT2D eigenvalue weighted by atomic mass is 10.1. The minimum atomic E-state index is -0.182. The molecule has 0 bridgehead atoms. The summed E-state index contributed by atoms with van der Waals surface area (Å²) in [5.41, 5.74) is 1.68. The Balaban J connectivity index is 2.36. The number of cyclic esters (lactones) is 1. The van der Waals surface area contributed by atoms with Crippen LogP contribution >= 0.6 is 0 Å². The van der Waals surface area contributed by atoms with Crippen LogP contribution in [-0.4, -0.2) is 18.8 Å². The zero-order valence-electron chi connectivity index (χ0n) is 5.46. The van der Waals surface area contributed by atoms with Gasteiger partial charge in [0.15, 0.2) is 0 Å². The molecule has 52 valence electrons. The van der Waals surface area contributed by atoms with Gasteiger partial charge in [-0.15, -0.1) is 0 Å². The van der Waals surface area contributed by atoms with Crippen molar-refractivity contribution in [2.75, 3.05) is 6.61 Å². The summed E-state index contributed by atoms with van der Waals surface area (Å²) in [6, 6.07) is 0. The summed E-state index contributed by atoms with van der Waals surface area (Å²) in [4.78, 5) is 15.0. The number of rotatable bonds is 0. The minimum Gasteiger partial charge on any atom is -0.462 e. The highest BCUT2D eigenvalue weighted by molar-refractivity contribution is 5.95. The van der Waals surface area contributed by atoms with Crippen LogP contribution < -0.4 is 0 Å². The zero-order valence-corrected chi connectivity index (χ0v) is 5.46. The second kappa shape index (κ2) is 1.94. The molecule has 0 aromatic rings. The van der Waals surface area contributed by atoms with Crippen molar-refractivity contribution >= 4 is 12.2 Å². The maximum absolute atomic E-state index is 10.9. The molecule has 0 spiro atoms. The molecule has 3 heteroatoms. The molecule has 0 amide bonds. The third-order valence-electron chi connectivity index (χ3n) is 1.71. The van der Waals surface area contributed by atoms with E-state index in [-0.39, 0.29) is 5.97 Å². The molecule has 2 rings (SSSR count). The average molecular weight is 137 g/mol. The van der Waals surface area contributed by atoms with Crippen molar-refractivity contribution in [3.05, 3.63) is 11.3 Å². The molecule has 0 aliphatic carbocycles. The first kappa shape index (κ1) is 5.65. The number of esters is 1. The number of nitrogens with zero attached hydrogens (tertiary/aromatic N) is 1. The monoisotopic (exact) mass is 137 g/mol. The van der Waals surface area contributed by atoms with Gasteiger partial charge >= 0.3 is 5.97 Å². The van der Waals surface area contributed by atoms with Gasteiger partial charge in [-0.25, -0.2) is 4.79 Å². The van der Waals surface area contributed by atoms with Crippen LogP contribution in [0.1, 0.15) is 12.8 Å². The molecular weight excluding hydrogens is 130 g/mol. The molecule has 0 saturated carbocycles. The molecule has 0 aromatic carbocycles. The van der Waals surface area contributed by atoms with Crippen molar-refractivity contribution in [1.82, 2.24) is 0 Å². The Morgan fingerprint density at radius 2 is 2.50 bits per heavy atom. The SMILES string of the molecule is O=C1OCCC2=C1CC=N2. The number of hydrogen-bond donors (Lipinski definition) is 0. The first-order valence-electron chi connectivity index (χ1n) is 3.29. The largest absolute Gasteiger partial charge is 0.462 e. The van der Waals surface area contributed by atoms with E-state index in [9.17, 15) is 4.79 Å². The Hall–Kier alpha value is -1.12. The van der Waals surface area contributed by atoms with Gasteiger partial charge in [0, 0.05) is 19.1 Å². The number of carbonyl (C=O) groups excluding carboxylic acids is 1. The van der Waals surface area contributed by atoms with Crippen LogP contribution in [0.3, 0.4) is 0 Å². The molecule has 0 fully saturated rings. The van der Waals surface area contributed by atoms with E-state index >= 15 is 0 Å². The Labute approximate surface area is 58.4 Å². The second-order valence-electron chi connectivity index (χ2n) is 2.33. The Morgan fingerprint density at radius 3 is 3.30 bits per heavy atom. The fourth-order valence-electron chi connectivity index (χ4n) is 1.19. The molecule has 3 nitrogen and oxygen atoms in total. The predicted octanol–water partition coefficient (Wildman–Crippen LogP) is 0.662. The van der Waals surface area contributed by atoms with E-state index in [1.54, 1.807) is 6.21 Å². The molecule has 0 N–H and O–H groups in total. The number of hydrogen-bond acceptors (Lipinski definition) is 3. The predicted molar refractivity (Wildman–Crippen MR) is 35.7 cm³/mol. The molecule has 0 radical (unpaired) electrons. The van der Waals surface area contributed by atoms with Crippen molar-refractivity contribution in [3.63, 3.8) is 0 Å². The Bertz CT molecular complexity index is 240. The Morgan fingerprint density at radius 1 is 1.60 bits per heavy atom. The molecule has 0 atom stereocenters. The normalized spacial score (nSPS) is 23.0. The fraction of sp³-hybridized carbons (Fsp3) is 0.429. The third-order valence-corrected chi connectivity index (χ3v) is 1.71. The van der Waals surface area contributed by atoms with Gasteiger partial charge in [0.25, 0.3) is 0 Å². The maximum Gasteiger partial charge on any atom is 0.336 e. The van der Waals surface area contributed by atoms with E-state index in [4.69, 9.17) is 4.74 Å². The summed E-state index contributed by atoms with van der Waals surface area (Å²) < 4.78 is 4.81. The van der Waals surface area contributed by atoms with Gasteiger partial charge < -0.3 is 4.74 Å². The van der Waals surface area contributed by atoms with E-state index in [1.807, 2.05) is 0 Å². The number of aliphatic imine (C=N–C) groups is 1. The fourth-order valence-corrected chi connectivity index (χ4v) is 1.19. The van der Waals surface area contributed by atoms with Crippen LogP contribution in [-0.2, 0) is 9.53 Å². The van der Waals surface area contributed by atoms with E-state index < -0.39 is 0 Å². The van der Waals surface area contributed by atoms with E-state index in [2.05, 4.69) is 4.99 Å². The van der Waals surface area contributed by atoms with Gasteiger partial charge in [0.05, 0.1) is 17.9 Å². The van der Waals surface area contributed by atoms with Crippen LogP contribution in [0.5, 0.6) is 0 Å². The molecule has 2 heterocycles. The number of ether oxygens (including phenoxy) is 1. The minimum absolute atomic E-state index is 0.182. The van der Waals surface area contributed by atoms with Gasteiger partial charge in [-0.05, 0) is 0 Å². The summed E-state index contributed by atoms with van der Waals surface area (Å²) in [7, 11) is 0. The molecule has 0 saturated heterocycles. The first-order chi connectivity index (χ1) is 4.88. The smallest absolute Gasteiger partial charge is 0.336 e. The maximum atomic E-state index is 10.9. The number of carbonyl (C=O) groups is 1. The van der Waals surface area contributed by atoms with Crippen LogP contribution in [0.25, 0.3) is 0 Å². The van der Waals surface area contributed by atoms with Gasteiger partial charge in [-0.2, -0.15) is 0 Å². The van der Waals surface area contributed by atoms with Crippen molar-refractivity contribution in [2.24, 2.45) is 4.99 Å². The highest BCUT2D eigenvalue weighted by Gasteiger charge is 2.23. The third kappa shape index (κ3) is 0.667. The Kier molecular flexibility index (Phi) is 1.09. The lowest BCUT2D eigenvalue weighted by molar-refractivity contribution is -0.140. The van der Waals surface area contributed by atoms with Crippen molar-refractivity contribution in [3.8, 4) is 0 Å². The van der Waals surface area contributed by atoms with E-state index in [0.29, 0.717) is 13.0 Å². The van der Waals surface area contributed by atoms with Crippen LogP contribution in [0.4, 0.5) is 0 Å². The summed E-state index contributed by atoms with van der Waals surface area (Å²) in [6.45, 7) is 0.495. The average Bonchev–Trinajstić information content (AvgIpc) is 2.36. The molecule has 0 aromatic heterocycles. The van der Waals surface area contributed by atoms with Crippen molar-refractivity contribution < 1.29 is 9.53 Å². The van der Waals surface area contributed by atoms with Crippen LogP contribution in [0, 0.1) is 0 Å². The topological polar surface area (TPSA) is 38.7 Å². The summed E-state index contributed by atoms with van der Waals surface area (Å²) in [5.74, 6) is -0.182. The molecule has 2 aliphatic rings. The van der Waals surface area contributed by atoms with E-state index in [1.165, 1.54) is 0 Å². The van der Waals surface area contributed by atoms with Crippen LogP contribution in [0.2, 0.25) is 0 Å². The lowest BCUT2D eigenvalue weighted by Gasteiger charge is -2.11.